The van der Waals surface area contributed by atoms with Crippen LogP contribution in [0.1, 0.15) is 39.3 Å². The summed E-state index contributed by atoms with van der Waals surface area (Å²) >= 11 is 6.03. The standard InChI is InChI=1S/C15H14ClN5.C3H8.CH2O2/c1-3-6-17-12-9(2)20-15(16)21-13(12)10-4-7-18-14-11(10)5-8-19-14;1-3-2;2-1-3/h4-8H,3H2,1-2H3,(H,18,19);3H2,1-2H3;1H,(H,2,3). The van der Waals surface area contributed by atoms with Gasteiger partial charge < -0.3 is 10.1 Å². The van der Waals surface area contributed by atoms with Crippen LogP contribution in [0.4, 0.5) is 5.69 Å². The Morgan fingerprint density at radius 3 is 2.56 bits per heavy atom. The van der Waals surface area contributed by atoms with Gasteiger partial charge in [-0.25, -0.2) is 15.0 Å². The van der Waals surface area contributed by atoms with E-state index >= 15 is 0 Å². The lowest BCUT2D eigenvalue weighted by atomic mass is 10.1. The highest BCUT2D eigenvalue weighted by Gasteiger charge is 2.15. The largest absolute Gasteiger partial charge is 0.483 e. The van der Waals surface area contributed by atoms with E-state index in [0.717, 1.165) is 40.1 Å². The maximum Gasteiger partial charge on any atom is 0.290 e. The van der Waals surface area contributed by atoms with E-state index in [1.54, 1.807) is 6.20 Å². The molecule has 8 heteroatoms. The molecule has 0 radical (unpaired) electrons. The molecule has 0 aliphatic heterocycles. The summed E-state index contributed by atoms with van der Waals surface area (Å²) < 4.78 is 0. The zero-order valence-electron chi connectivity index (χ0n) is 15.9. The van der Waals surface area contributed by atoms with Crippen molar-refractivity contribution < 1.29 is 9.90 Å². The fourth-order valence-electron chi connectivity index (χ4n) is 2.23. The second-order valence-electron chi connectivity index (χ2n) is 5.41. The Morgan fingerprint density at radius 2 is 1.93 bits per heavy atom. The van der Waals surface area contributed by atoms with Crippen LogP contribution < -0.4 is 0 Å². The molecule has 0 aliphatic carbocycles. The summed E-state index contributed by atoms with van der Waals surface area (Å²) in [6.45, 7) is 7.92. The van der Waals surface area contributed by atoms with Crippen LogP contribution in [0.3, 0.4) is 0 Å². The second-order valence-corrected chi connectivity index (χ2v) is 5.74. The van der Waals surface area contributed by atoms with Crippen molar-refractivity contribution in [1.29, 1.82) is 0 Å². The number of carboxylic acid groups (broad SMARTS) is 1. The predicted molar refractivity (Wildman–Crippen MR) is 110 cm³/mol. The molecule has 7 nitrogen and oxygen atoms in total. The Morgan fingerprint density at radius 1 is 1.26 bits per heavy atom. The van der Waals surface area contributed by atoms with Crippen LogP contribution >= 0.6 is 11.6 Å². The maximum absolute atomic E-state index is 8.36. The lowest BCUT2D eigenvalue weighted by Crippen LogP contribution is -1.94. The minimum atomic E-state index is -0.250. The highest BCUT2D eigenvalue weighted by atomic mass is 35.5. The van der Waals surface area contributed by atoms with Crippen LogP contribution in [0, 0.1) is 6.92 Å². The van der Waals surface area contributed by atoms with Gasteiger partial charge in [0.2, 0.25) is 5.28 Å². The molecule has 0 aromatic carbocycles. The van der Waals surface area contributed by atoms with Crippen molar-refractivity contribution in [2.24, 2.45) is 4.99 Å². The van der Waals surface area contributed by atoms with Crippen LogP contribution in [-0.2, 0) is 4.79 Å². The Bertz CT molecular complexity index is 893. The number of nitrogens with one attached hydrogen (secondary N) is 1. The first-order valence-corrected chi connectivity index (χ1v) is 8.98. The molecular weight excluding hydrogens is 366 g/mol. The Balaban J connectivity index is 0.000000540. The van der Waals surface area contributed by atoms with E-state index in [0.29, 0.717) is 0 Å². The third-order valence-electron chi connectivity index (χ3n) is 3.15. The van der Waals surface area contributed by atoms with Gasteiger partial charge in [-0.2, -0.15) is 0 Å². The number of H-pyrrole nitrogens is 1. The quantitative estimate of drug-likeness (QED) is 0.363. The number of rotatable bonds is 3. The van der Waals surface area contributed by atoms with Gasteiger partial charge >= 0.3 is 0 Å². The van der Waals surface area contributed by atoms with E-state index in [4.69, 9.17) is 21.5 Å². The molecule has 27 heavy (non-hydrogen) atoms. The molecule has 0 fully saturated rings. The van der Waals surface area contributed by atoms with E-state index in [9.17, 15) is 0 Å². The lowest BCUT2D eigenvalue weighted by molar-refractivity contribution is -0.122. The second kappa shape index (κ2) is 11.7. The first kappa shape index (κ1) is 22.2. The average molecular weight is 390 g/mol. The first-order valence-electron chi connectivity index (χ1n) is 8.60. The van der Waals surface area contributed by atoms with E-state index in [1.807, 2.05) is 38.4 Å². The highest BCUT2D eigenvalue weighted by molar-refractivity contribution is 6.28. The number of aryl methyl sites for hydroxylation is 1. The normalized spacial score (nSPS) is 10.1. The minimum absolute atomic E-state index is 0.221. The fraction of sp³-hybridized carbons (Fsp3) is 0.316. The summed E-state index contributed by atoms with van der Waals surface area (Å²) in [5, 5.41) is 8.10. The number of aromatic amines is 1. The van der Waals surface area contributed by atoms with Crippen LogP contribution in [0.5, 0.6) is 0 Å². The number of carbonyl (C=O) groups is 1. The van der Waals surface area contributed by atoms with Crippen molar-refractivity contribution in [1.82, 2.24) is 19.9 Å². The number of aromatic nitrogens is 4. The van der Waals surface area contributed by atoms with Crippen molar-refractivity contribution in [3.63, 3.8) is 0 Å². The average Bonchev–Trinajstić information content (AvgIpc) is 3.10. The third kappa shape index (κ3) is 6.14. The molecule has 3 rings (SSSR count). The fourth-order valence-corrected chi connectivity index (χ4v) is 2.44. The van der Waals surface area contributed by atoms with Gasteiger partial charge in [0.05, 0.1) is 5.69 Å². The van der Waals surface area contributed by atoms with Gasteiger partial charge in [-0.05, 0) is 37.1 Å². The molecule has 0 unspecified atom stereocenters. The molecule has 0 spiro atoms. The van der Waals surface area contributed by atoms with Gasteiger partial charge in [-0.15, -0.1) is 0 Å². The number of hydrogen-bond acceptors (Lipinski definition) is 5. The Kier molecular flexibility index (Phi) is 9.68. The molecule has 3 aromatic heterocycles. The number of hydrogen-bond donors (Lipinski definition) is 2. The number of pyridine rings is 1. The van der Waals surface area contributed by atoms with Crippen molar-refractivity contribution in [2.75, 3.05) is 0 Å². The van der Waals surface area contributed by atoms with Gasteiger partial charge in [0, 0.05) is 29.6 Å². The SMILES string of the molecule is CCC.CCC=Nc1c(C)nc(Cl)nc1-c1ccnc2[nH]ccc12.O=CO. The van der Waals surface area contributed by atoms with Gasteiger partial charge in [-0.1, -0.05) is 27.2 Å². The van der Waals surface area contributed by atoms with Crippen LogP contribution in [0.2, 0.25) is 5.28 Å². The Hall–Kier alpha value is -2.80. The summed E-state index contributed by atoms with van der Waals surface area (Å²) in [4.78, 5) is 28.8. The molecule has 0 atom stereocenters. The summed E-state index contributed by atoms with van der Waals surface area (Å²) in [5.41, 5.74) is 3.98. The van der Waals surface area contributed by atoms with Crippen LogP contribution in [0.15, 0.2) is 29.5 Å². The zero-order chi connectivity index (χ0) is 20.2. The summed E-state index contributed by atoms with van der Waals surface area (Å²) in [6, 6.07) is 3.88. The maximum atomic E-state index is 8.36. The smallest absolute Gasteiger partial charge is 0.290 e. The lowest BCUT2D eigenvalue weighted by Gasteiger charge is -2.09. The monoisotopic (exact) mass is 389 g/mol. The molecule has 0 saturated heterocycles. The Labute approximate surface area is 163 Å². The molecule has 3 aromatic rings. The van der Waals surface area contributed by atoms with Crippen LogP contribution in [-0.4, -0.2) is 37.7 Å². The van der Waals surface area contributed by atoms with Crippen molar-refractivity contribution in [2.45, 2.75) is 40.5 Å². The van der Waals surface area contributed by atoms with E-state index in [-0.39, 0.29) is 11.8 Å². The molecule has 0 amide bonds. The predicted octanol–water partition coefficient (Wildman–Crippen LogP) is 5.21. The van der Waals surface area contributed by atoms with Gasteiger partial charge in [0.25, 0.3) is 6.47 Å². The summed E-state index contributed by atoms with van der Waals surface area (Å²) in [6.07, 6.45) is 7.54. The summed E-state index contributed by atoms with van der Waals surface area (Å²) in [7, 11) is 0. The van der Waals surface area contributed by atoms with Gasteiger partial charge in [-0.3, -0.25) is 9.79 Å². The molecule has 2 N–H and O–H groups in total. The van der Waals surface area contributed by atoms with Gasteiger partial charge in [0.15, 0.2) is 0 Å². The van der Waals surface area contributed by atoms with E-state index < -0.39 is 0 Å². The molecule has 0 bridgehead atoms. The van der Waals surface area contributed by atoms with Crippen LogP contribution in [0.25, 0.3) is 22.3 Å². The number of halogens is 1. The minimum Gasteiger partial charge on any atom is -0.483 e. The third-order valence-corrected chi connectivity index (χ3v) is 3.32. The highest BCUT2D eigenvalue weighted by Crippen LogP contribution is 2.35. The number of fused-ring (bicyclic) bond motifs is 1. The molecule has 0 aliphatic rings. The molecule has 3 heterocycles. The van der Waals surface area contributed by atoms with E-state index in [2.05, 4.69) is 38.8 Å². The first-order chi connectivity index (χ1) is 13.0. The number of aliphatic imine (C=N–C) groups is 1. The summed E-state index contributed by atoms with van der Waals surface area (Å²) in [5.74, 6) is 0. The molecule has 144 valence electrons. The number of nitrogens with zero attached hydrogens (tertiary/aromatic N) is 4. The van der Waals surface area contributed by atoms with Gasteiger partial charge in [0.1, 0.15) is 17.0 Å². The van der Waals surface area contributed by atoms with Crippen molar-refractivity contribution >= 4 is 41.0 Å². The molecular formula is C19H24ClN5O2. The van der Waals surface area contributed by atoms with E-state index in [1.165, 1.54) is 6.42 Å². The topological polar surface area (TPSA) is 104 Å². The van der Waals surface area contributed by atoms with Crippen molar-refractivity contribution in [3.8, 4) is 11.3 Å². The molecule has 0 saturated carbocycles. The van der Waals surface area contributed by atoms with Crippen molar-refractivity contribution in [3.05, 3.63) is 35.5 Å². The zero-order valence-corrected chi connectivity index (χ0v) is 16.7.